The molecule has 0 spiro atoms. The molecule has 0 aromatic heterocycles. The zero-order valence-corrected chi connectivity index (χ0v) is 18.7. The van der Waals surface area contributed by atoms with Crippen molar-refractivity contribution < 1.29 is 4.74 Å². The summed E-state index contributed by atoms with van der Waals surface area (Å²) >= 11 is 0. The SMILES string of the molecule is CCNC(=NCc1ccc(NCCOC)cc1)NCCCN(C(C)C)C(C)C. The molecular weight excluding hydrogens is 350 g/mol. The van der Waals surface area contributed by atoms with Gasteiger partial charge in [0.1, 0.15) is 0 Å². The Morgan fingerprint density at radius 1 is 1.04 bits per heavy atom. The molecule has 0 bridgehead atoms. The van der Waals surface area contributed by atoms with Crippen molar-refractivity contribution in [3.05, 3.63) is 29.8 Å². The molecule has 0 amide bonds. The highest BCUT2D eigenvalue weighted by molar-refractivity contribution is 5.79. The Morgan fingerprint density at radius 3 is 2.29 bits per heavy atom. The van der Waals surface area contributed by atoms with Crippen LogP contribution in [-0.4, -0.2) is 62.8 Å². The number of nitrogens with one attached hydrogen (secondary N) is 3. The van der Waals surface area contributed by atoms with Crippen molar-refractivity contribution in [1.82, 2.24) is 15.5 Å². The van der Waals surface area contributed by atoms with Gasteiger partial charge in [-0.3, -0.25) is 4.90 Å². The molecule has 1 aromatic rings. The third kappa shape index (κ3) is 9.95. The van der Waals surface area contributed by atoms with Crippen molar-refractivity contribution >= 4 is 11.6 Å². The fourth-order valence-electron chi connectivity index (χ4n) is 3.12. The summed E-state index contributed by atoms with van der Waals surface area (Å²) in [5.74, 6) is 0.880. The molecule has 6 heteroatoms. The lowest BCUT2D eigenvalue weighted by molar-refractivity contribution is 0.173. The number of anilines is 1. The van der Waals surface area contributed by atoms with Crippen LogP contribution in [0.5, 0.6) is 0 Å². The fourth-order valence-corrected chi connectivity index (χ4v) is 3.12. The maximum Gasteiger partial charge on any atom is 0.191 e. The van der Waals surface area contributed by atoms with E-state index in [4.69, 9.17) is 9.73 Å². The maximum atomic E-state index is 5.05. The largest absolute Gasteiger partial charge is 0.383 e. The third-order valence-corrected chi connectivity index (χ3v) is 4.57. The van der Waals surface area contributed by atoms with E-state index in [1.807, 2.05) is 0 Å². The van der Waals surface area contributed by atoms with Crippen LogP contribution in [0.4, 0.5) is 5.69 Å². The third-order valence-electron chi connectivity index (χ3n) is 4.57. The molecule has 6 nitrogen and oxygen atoms in total. The molecule has 0 saturated carbocycles. The van der Waals surface area contributed by atoms with Gasteiger partial charge in [-0.05, 0) is 58.7 Å². The monoisotopic (exact) mass is 391 g/mol. The van der Waals surface area contributed by atoms with Crippen molar-refractivity contribution in [2.45, 2.75) is 59.7 Å². The summed E-state index contributed by atoms with van der Waals surface area (Å²) in [6.45, 7) is 16.2. The predicted octanol–water partition coefficient (Wildman–Crippen LogP) is 3.31. The second-order valence-corrected chi connectivity index (χ2v) is 7.52. The van der Waals surface area contributed by atoms with E-state index in [0.29, 0.717) is 25.2 Å². The smallest absolute Gasteiger partial charge is 0.191 e. The Labute approximate surface area is 172 Å². The van der Waals surface area contributed by atoms with Crippen LogP contribution >= 0.6 is 0 Å². The Morgan fingerprint density at radius 2 is 1.71 bits per heavy atom. The first-order chi connectivity index (χ1) is 13.5. The number of nitrogens with zero attached hydrogens (tertiary/aromatic N) is 2. The number of benzene rings is 1. The number of ether oxygens (including phenoxy) is 1. The average Bonchev–Trinajstić information content (AvgIpc) is 2.66. The molecule has 28 heavy (non-hydrogen) atoms. The van der Waals surface area contributed by atoms with Gasteiger partial charge >= 0.3 is 0 Å². The van der Waals surface area contributed by atoms with Crippen LogP contribution in [0.25, 0.3) is 0 Å². The normalized spacial score (nSPS) is 12.1. The lowest BCUT2D eigenvalue weighted by Crippen LogP contribution is -2.41. The summed E-state index contributed by atoms with van der Waals surface area (Å²) in [4.78, 5) is 7.24. The quantitative estimate of drug-likeness (QED) is 0.274. The molecule has 3 N–H and O–H groups in total. The summed E-state index contributed by atoms with van der Waals surface area (Å²) in [5.41, 5.74) is 2.30. The first-order valence-corrected chi connectivity index (χ1v) is 10.6. The van der Waals surface area contributed by atoms with E-state index in [9.17, 15) is 0 Å². The molecule has 0 aliphatic carbocycles. The summed E-state index contributed by atoms with van der Waals surface area (Å²) in [6.07, 6.45) is 1.10. The first kappa shape index (κ1) is 24.2. The van der Waals surface area contributed by atoms with Gasteiger partial charge in [-0.2, -0.15) is 0 Å². The van der Waals surface area contributed by atoms with Crippen LogP contribution < -0.4 is 16.0 Å². The highest BCUT2D eigenvalue weighted by atomic mass is 16.5. The van der Waals surface area contributed by atoms with Gasteiger partial charge in [0.2, 0.25) is 0 Å². The van der Waals surface area contributed by atoms with E-state index in [1.165, 1.54) is 5.56 Å². The minimum atomic E-state index is 0.578. The van der Waals surface area contributed by atoms with E-state index in [1.54, 1.807) is 7.11 Å². The van der Waals surface area contributed by atoms with E-state index in [2.05, 4.69) is 79.7 Å². The van der Waals surface area contributed by atoms with Gasteiger partial charge in [-0.25, -0.2) is 4.99 Å². The number of hydrogen-bond acceptors (Lipinski definition) is 4. The number of methoxy groups -OCH3 is 1. The molecule has 0 saturated heterocycles. The standard InChI is InChI=1S/C22H41N5O/c1-7-23-22(25-13-8-15-27(18(2)3)19(4)5)26-17-20-9-11-21(12-10-20)24-14-16-28-6/h9-12,18-19,24H,7-8,13-17H2,1-6H3,(H2,23,25,26). The zero-order chi connectivity index (χ0) is 20.8. The Hall–Kier alpha value is -1.79. The molecule has 1 rings (SSSR count). The molecule has 0 aliphatic rings. The zero-order valence-electron chi connectivity index (χ0n) is 18.7. The average molecular weight is 392 g/mol. The van der Waals surface area contributed by atoms with Crippen LogP contribution in [0.1, 0.15) is 46.6 Å². The lowest BCUT2D eigenvalue weighted by Gasteiger charge is -2.30. The Bertz CT molecular complexity index is 534. The molecule has 1 aromatic carbocycles. The van der Waals surface area contributed by atoms with Gasteiger partial charge < -0.3 is 20.7 Å². The van der Waals surface area contributed by atoms with Crippen molar-refractivity contribution in [2.24, 2.45) is 4.99 Å². The fraction of sp³-hybridized carbons (Fsp3) is 0.682. The summed E-state index contributed by atoms with van der Waals surface area (Å²) < 4.78 is 5.05. The maximum absolute atomic E-state index is 5.05. The molecule has 0 heterocycles. The second-order valence-electron chi connectivity index (χ2n) is 7.52. The molecule has 0 radical (unpaired) electrons. The summed E-state index contributed by atoms with van der Waals surface area (Å²) in [7, 11) is 1.71. The highest BCUT2D eigenvalue weighted by Crippen LogP contribution is 2.10. The Kier molecular flexibility index (Phi) is 12.3. The molecule has 0 fully saturated rings. The predicted molar refractivity (Wildman–Crippen MR) is 121 cm³/mol. The van der Waals surface area contributed by atoms with Crippen LogP contribution in [-0.2, 0) is 11.3 Å². The molecular formula is C22H41N5O. The second kappa shape index (κ2) is 14.2. The molecule has 0 unspecified atom stereocenters. The van der Waals surface area contributed by atoms with Crippen LogP contribution in [0.15, 0.2) is 29.3 Å². The number of hydrogen-bond donors (Lipinski definition) is 3. The van der Waals surface area contributed by atoms with Gasteiger partial charge in [0.15, 0.2) is 5.96 Å². The van der Waals surface area contributed by atoms with Gasteiger partial charge in [0.05, 0.1) is 13.2 Å². The van der Waals surface area contributed by atoms with Crippen molar-refractivity contribution in [2.75, 3.05) is 45.2 Å². The van der Waals surface area contributed by atoms with Crippen molar-refractivity contribution in [1.29, 1.82) is 0 Å². The van der Waals surface area contributed by atoms with Gasteiger partial charge in [-0.15, -0.1) is 0 Å². The summed E-state index contributed by atoms with van der Waals surface area (Å²) in [6, 6.07) is 9.57. The molecule has 0 atom stereocenters. The van der Waals surface area contributed by atoms with Crippen LogP contribution in [0.3, 0.4) is 0 Å². The van der Waals surface area contributed by atoms with E-state index in [-0.39, 0.29) is 0 Å². The minimum Gasteiger partial charge on any atom is -0.383 e. The van der Waals surface area contributed by atoms with Crippen LogP contribution in [0, 0.1) is 0 Å². The Balaban J connectivity index is 2.46. The van der Waals surface area contributed by atoms with Crippen molar-refractivity contribution in [3.8, 4) is 0 Å². The number of aliphatic imine (C=N–C) groups is 1. The minimum absolute atomic E-state index is 0.578. The lowest BCUT2D eigenvalue weighted by atomic mass is 10.2. The highest BCUT2D eigenvalue weighted by Gasteiger charge is 2.12. The van der Waals surface area contributed by atoms with Gasteiger partial charge in [-0.1, -0.05) is 12.1 Å². The summed E-state index contributed by atoms with van der Waals surface area (Å²) in [5, 5.41) is 10.1. The van der Waals surface area contributed by atoms with E-state index >= 15 is 0 Å². The van der Waals surface area contributed by atoms with Crippen molar-refractivity contribution in [3.63, 3.8) is 0 Å². The molecule has 160 valence electrons. The topological polar surface area (TPSA) is 60.9 Å². The van der Waals surface area contributed by atoms with Gasteiger partial charge in [0, 0.05) is 51.1 Å². The van der Waals surface area contributed by atoms with E-state index < -0.39 is 0 Å². The van der Waals surface area contributed by atoms with Crippen LogP contribution in [0.2, 0.25) is 0 Å². The molecule has 0 aliphatic heterocycles. The number of rotatable bonds is 13. The van der Waals surface area contributed by atoms with E-state index in [0.717, 1.165) is 44.2 Å². The first-order valence-electron chi connectivity index (χ1n) is 10.6. The van der Waals surface area contributed by atoms with Gasteiger partial charge in [0.25, 0.3) is 0 Å². The number of guanidine groups is 1.